The Morgan fingerprint density at radius 2 is 0.839 bits per heavy atom. The van der Waals surface area contributed by atoms with Gasteiger partial charge in [-0.1, -0.05) is 211 Å². The summed E-state index contributed by atoms with van der Waals surface area (Å²) >= 11 is -0.826. The number of hydrogen-bond acceptors (Lipinski definition) is 0. The van der Waals surface area contributed by atoms with Crippen LogP contribution in [0.15, 0.2) is 146 Å². The summed E-state index contributed by atoms with van der Waals surface area (Å²) in [6, 6.07) is 55.6. The Labute approximate surface area is 394 Å². The third-order valence-electron chi connectivity index (χ3n) is 13.3. The molecule has 4 heteroatoms. The van der Waals surface area contributed by atoms with Crippen LogP contribution >= 0.6 is 17.0 Å². The van der Waals surface area contributed by atoms with Gasteiger partial charge in [-0.15, -0.1) is 69.1 Å². The van der Waals surface area contributed by atoms with Gasteiger partial charge in [0.15, 0.2) is 0 Å². The molecular weight excluding hydrogens is 887 g/mol. The largest absolute Gasteiger partial charge is 0.164 e. The summed E-state index contributed by atoms with van der Waals surface area (Å²) in [5.41, 5.74) is 8.51. The van der Waals surface area contributed by atoms with E-state index in [2.05, 4.69) is 159 Å². The SMILES string of the molecule is CCC[Si]C.[Cl][Zr+2][Cl].c1ccc2c(-c3cccc4[cH-]c(CC5CCCCCC5)cc34)cccc2c1.c1ccc2c(-c3cccc4[cH-]c(CC5CCCCCC5)cc34)cccc2c1. The van der Waals surface area contributed by atoms with Crippen molar-refractivity contribution in [3.63, 3.8) is 0 Å². The van der Waals surface area contributed by atoms with Crippen molar-refractivity contribution in [2.24, 2.45) is 11.8 Å². The average molecular weight is 951 g/mol. The molecule has 8 aromatic rings. The van der Waals surface area contributed by atoms with Crippen LogP contribution in [0.4, 0.5) is 0 Å². The van der Waals surface area contributed by atoms with Gasteiger partial charge in [-0.25, -0.2) is 0 Å². The van der Waals surface area contributed by atoms with E-state index in [0.717, 1.165) is 21.4 Å². The van der Waals surface area contributed by atoms with Gasteiger partial charge in [-0.2, -0.15) is 12.1 Å². The number of benzene rings is 6. The number of fused-ring (bicyclic) bond motifs is 4. The van der Waals surface area contributed by atoms with Crippen LogP contribution in [0.2, 0.25) is 12.6 Å². The van der Waals surface area contributed by atoms with Crippen molar-refractivity contribution in [1.82, 2.24) is 0 Å². The zero-order valence-corrected chi connectivity index (χ0v) is 42.1. The number of halogens is 2. The van der Waals surface area contributed by atoms with E-state index in [9.17, 15) is 0 Å². The molecule has 0 saturated heterocycles. The molecule has 10 rings (SSSR count). The molecule has 8 aromatic carbocycles. The average Bonchev–Trinajstić information content (AvgIpc) is 3.69. The van der Waals surface area contributed by atoms with Crippen molar-refractivity contribution in [3.8, 4) is 22.3 Å². The zero-order valence-electron chi connectivity index (χ0n) is 37.1. The standard InChI is InChI=1S/2C27H27.C4H10Si.2ClH.Zr/c2*1-2-4-10-20(9-3-1)17-21-18-23-13-8-16-26(27(23)19-21)25-15-7-12-22-11-5-6-14-24(22)25;1-3-4-5-2;;;/h2*5-8,11-16,18-20H,1-4,9-10,17H2;3-4H2,1-2H3;2*1H;/q2*-1;;;;+4/p-2. The van der Waals surface area contributed by atoms with Crippen molar-refractivity contribution in [2.75, 3.05) is 0 Å². The minimum absolute atomic E-state index is 0.826. The molecule has 2 aliphatic rings. The van der Waals surface area contributed by atoms with Crippen LogP contribution < -0.4 is 0 Å². The fraction of sp³-hybridized carbons (Fsp3) is 0.345. The predicted molar refractivity (Wildman–Crippen MR) is 273 cm³/mol. The van der Waals surface area contributed by atoms with E-state index in [-0.39, 0.29) is 0 Å². The Balaban J connectivity index is 0.000000159. The van der Waals surface area contributed by atoms with Crippen LogP contribution in [-0.4, -0.2) is 9.52 Å². The maximum absolute atomic E-state index is 4.93. The summed E-state index contributed by atoms with van der Waals surface area (Å²) < 4.78 is 0. The summed E-state index contributed by atoms with van der Waals surface area (Å²) in [4.78, 5) is 0. The second kappa shape index (κ2) is 24.7. The zero-order chi connectivity index (χ0) is 42.9. The smallest absolute Gasteiger partial charge is 0.0114 e. The molecular formula is C58H64Cl2SiZr. The molecule has 318 valence electrons. The van der Waals surface area contributed by atoms with E-state index in [0.29, 0.717) is 0 Å². The normalized spacial score (nSPS) is 14.8. The van der Waals surface area contributed by atoms with Gasteiger partial charge in [0.1, 0.15) is 0 Å². The molecule has 0 unspecified atom stereocenters. The summed E-state index contributed by atoms with van der Waals surface area (Å²) in [5.74, 6) is 1.76. The molecule has 0 amide bonds. The molecule has 2 aliphatic carbocycles. The minimum Gasteiger partial charge on any atom is -0.164 e. The van der Waals surface area contributed by atoms with Crippen molar-refractivity contribution in [3.05, 3.63) is 157 Å². The van der Waals surface area contributed by atoms with Gasteiger partial charge in [0.05, 0.1) is 0 Å². The maximum atomic E-state index is 4.93. The molecule has 0 N–H and O–H groups in total. The number of hydrogen-bond donors (Lipinski definition) is 0. The molecule has 0 aromatic heterocycles. The molecule has 0 aliphatic heterocycles. The Hall–Kier alpha value is -3.26. The van der Waals surface area contributed by atoms with Gasteiger partial charge in [0.25, 0.3) is 0 Å². The van der Waals surface area contributed by atoms with E-state index < -0.39 is 20.8 Å². The first kappa shape index (κ1) is 46.7. The van der Waals surface area contributed by atoms with Gasteiger partial charge in [-0.3, -0.25) is 0 Å². The fourth-order valence-corrected chi connectivity index (χ4v) is 10.8. The van der Waals surface area contributed by atoms with E-state index in [1.807, 2.05) is 0 Å². The molecule has 62 heavy (non-hydrogen) atoms. The first-order valence-electron chi connectivity index (χ1n) is 23.5. The van der Waals surface area contributed by atoms with Crippen molar-refractivity contribution in [2.45, 2.75) is 116 Å². The van der Waals surface area contributed by atoms with Crippen LogP contribution in [0.1, 0.15) is 102 Å². The summed E-state index contributed by atoms with van der Waals surface area (Å²) in [6.07, 6.45) is 21.0. The molecule has 0 atom stereocenters. The molecule has 0 bridgehead atoms. The van der Waals surface area contributed by atoms with Crippen molar-refractivity contribution >= 4 is 69.6 Å². The molecule has 2 radical (unpaired) electrons. The van der Waals surface area contributed by atoms with E-state index in [1.54, 1.807) is 0 Å². The fourth-order valence-electron chi connectivity index (χ4n) is 10.3. The summed E-state index contributed by atoms with van der Waals surface area (Å²) in [7, 11) is 11.0. The van der Waals surface area contributed by atoms with Crippen molar-refractivity contribution in [1.29, 1.82) is 0 Å². The first-order valence-corrected chi connectivity index (χ1v) is 31.6. The minimum atomic E-state index is -0.826. The number of rotatable bonds is 8. The van der Waals surface area contributed by atoms with Crippen LogP contribution in [0.25, 0.3) is 65.3 Å². The Bertz CT molecular complexity index is 2380. The Morgan fingerprint density at radius 3 is 1.21 bits per heavy atom. The molecule has 2 saturated carbocycles. The second-order valence-electron chi connectivity index (χ2n) is 17.7. The third-order valence-corrected chi connectivity index (χ3v) is 14.3. The molecule has 0 nitrogen and oxygen atoms in total. The topological polar surface area (TPSA) is 0 Å². The van der Waals surface area contributed by atoms with Crippen LogP contribution in [0.5, 0.6) is 0 Å². The van der Waals surface area contributed by atoms with Gasteiger partial charge in [0, 0.05) is 9.52 Å². The Morgan fingerprint density at radius 1 is 0.484 bits per heavy atom. The van der Waals surface area contributed by atoms with Gasteiger partial charge in [0.2, 0.25) is 0 Å². The summed E-state index contributed by atoms with van der Waals surface area (Å²) in [6.45, 7) is 4.46. The molecule has 2 fully saturated rings. The summed E-state index contributed by atoms with van der Waals surface area (Å²) in [5, 5.41) is 10.9. The van der Waals surface area contributed by atoms with E-state index >= 15 is 0 Å². The quantitative estimate of drug-likeness (QED) is 0.0809. The van der Waals surface area contributed by atoms with Crippen LogP contribution in [0, 0.1) is 11.8 Å². The van der Waals surface area contributed by atoms with E-state index in [1.165, 1.54) is 179 Å². The predicted octanol–water partition coefficient (Wildman–Crippen LogP) is 18.7. The van der Waals surface area contributed by atoms with Crippen molar-refractivity contribution < 1.29 is 20.8 Å². The molecule has 0 spiro atoms. The van der Waals surface area contributed by atoms with Gasteiger partial charge < -0.3 is 0 Å². The Kier molecular flexibility index (Phi) is 18.6. The van der Waals surface area contributed by atoms with E-state index in [4.69, 9.17) is 17.0 Å². The van der Waals surface area contributed by atoms with Gasteiger partial charge in [-0.05, 0) is 57.3 Å². The maximum Gasteiger partial charge on any atom is -0.0114 e. The van der Waals surface area contributed by atoms with Crippen LogP contribution in [0.3, 0.4) is 0 Å². The van der Waals surface area contributed by atoms with Crippen LogP contribution in [-0.2, 0) is 33.7 Å². The monoisotopic (exact) mass is 948 g/mol. The second-order valence-corrected chi connectivity index (χ2v) is 22.6. The van der Waals surface area contributed by atoms with Gasteiger partial charge >= 0.3 is 37.9 Å². The first-order chi connectivity index (χ1) is 30.6. The third kappa shape index (κ3) is 12.5. The molecule has 0 heterocycles.